The van der Waals surface area contributed by atoms with E-state index in [1.807, 2.05) is 0 Å². The van der Waals surface area contributed by atoms with E-state index in [4.69, 9.17) is 16.3 Å². The van der Waals surface area contributed by atoms with Crippen LogP contribution in [0.15, 0.2) is 23.3 Å². The van der Waals surface area contributed by atoms with Gasteiger partial charge in [-0.1, -0.05) is 11.6 Å². The number of hydrogen-bond donors (Lipinski definition) is 1. The number of halogens is 1. The monoisotopic (exact) mass is 266 g/mol. The molecule has 0 aliphatic heterocycles. The molecule has 2 rings (SSSR count). The zero-order valence-electron chi connectivity index (χ0n) is 10.2. The van der Waals surface area contributed by atoms with Gasteiger partial charge in [-0.25, -0.2) is 5.43 Å². The van der Waals surface area contributed by atoms with Crippen LogP contribution in [0.3, 0.4) is 0 Å². The number of hydrogen-bond acceptors (Lipinski definition) is 3. The van der Waals surface area contributed by atoms with Crippen LogP contribution >= 0.6 is 11.6 Å². The smallest absolute Gasteiger partial charge is 0.275 e. The van der Waals surface area contributed by atoms with E-state index in [1.54, 1.807) is 18.2 Å². The number of carbonyl (C=O) groups is 1. The molecule has 0 bridgehead atoms. The van der Waals surface area contributed by atoms with Crippen molar-refractivity contribution in [3.63, 3.8) is 0 Å². The van der Waals surface area contributed by atoms with Crippen molar-refractivity contribution in [3.05, 3.63) is 28.8 Å². The summed E-state index contributed by atoms with van der Waals surface area (Å²) in [7, 11) is 1.52. The van der Waals surface area contributed by atoms with Gasteiger partial charge in [0.1, 0.15) is 5.75 Å². The fourth-order valence-corrected chi connectivity index (χ4v) is 2.11. The van der Waals surface area contributed by atoms with E-state index >= 15 is 0 Å². The third-order valence-corrected chi connectivity index (χ3v) is 3.14. The number of hydrazone groups is 1. The van der Waals surface area contributed by atoms with Crippen LogP contribution in [0, 0.1) is 0 Å². The SMILES string of the molecule is COc1ccc(Cl)cc1C(=O)NN=C1CCCC1. The van der Waals surface area contributed by atoms with Gasteiger partial charge < -0.3 is 4.74 Å². The lowest BCUT2D eigenvalue weighted by Crippen LogP contribution is -2.19. The molecule has 0 heterocycles. The average Bonchev–Trinajstić information content (AvgIpc) is 2.89. The van der Waals surface area contributed by atoms with Crippen LogP contribution in [0.1, 0.15) is 36.0 Å². The molecule has 1 fully saturated rings. The summed E-state index contributed by atoms with van der Waals surface area (Å²) in [6, 6.07) is 4.92. The highest BCUT2D eigenvalue weighted by atomic mass is 35.5. The normalized spacial score (nSPS) is 14.4. The largest absolute Gasteiger partial charge is 0.496 e. The first-order chi connectivity index (χ1) is 8.70. The molecule has 1 amide bonds. The summed E-state index contributed by atoms with van der Waals surface area (Å²) < 4.78 is 5.13. The number of ether oxygens (including phenoxy) is 1. The molecular formula is C13H15ClN2O2. The van der Waals surface area contributed by atoms with Crippen molar-refractivity contribution in [1.29, 1.82) is 0 Å². The Kier molecular flexibility index (Phi) is 4.20. The summed E-state index contributed by atoms with van der Waals surface area (Å²) in [5.41, 5.74) is 3.99. The maximum Gasteiger partial charge on any atom is 0.275 e. The maximum absolute atomic E-state index is 12.0. The van der Waals surface area contributed by atoms with E-state index in [1.165, 1.54) is 7.11 Å². The Morgan fingerprint density at radius 2 is 2.11 bits per heavy atom. The number of methoxy groups -OCH3 is 1. The summed E-state index contributed by atoms with van der Waals surface area (Å²) in [4.78, 5) is 12.0. The molecule has 1 N–H and O–H groups in total. The van der Waals surface area contributed by atoms with Crippen LogP contribution in [0.25, 0.3) is 0 Å². The summed E-state index contributed by atoms with van der Waals surface area (Å²) in [6.07, 6.45) is 4.23. The third-order valence-electron chi connectivity index (χ3n) is 2.90. The van der Waals surface area contributed by atoms with Gasteiger partial charge in [-0.05, 0) is 43.9 Å². The summed E-state index contributed by atoms with van der Waals surface area (Å²) in [5.74, 6) is 0.192. The van der Waals surface area contributed by atoms with Crippen LogP contribution in [-0.4, -0.2) is 18.7 Å². The second kappa shape index (κ2) is 5.87. The fourth-order valence-electron chi connectivity index (χ4n) is 1.94. The van der Waals surface area contributed by atoms with Crippen molar-refractivity contribution < 1.29 is 9.53 Å². The first-order valence-electron chi connectivity index (χ1n) is 5.90. The minimum atomic E-state index is -0.297. The van der Waals surface area contributed by atoms with E-state index in [0.717, 1.165) is 31.4 Å². The molecule has 1 aliphatic carbocycles. The van der Waals surface area contributed by atoms with E-state index in [9.17, 15) is 4.79 Å². The Bertz CT molecular complexity index is 478. The van der Waals surface area contributed by atoms with Crippen LogP contribution in [0.5, 0.6) is 5.75 Å². The van der Waals surface area contributed by atoms with Gasteiger partial charge in [-0.2, -0.15) is 5.10 Å². The number of benzene rings is 1. The van der Waals surface area contributed by atoms with Crippen molar-refractivity contribution in [2.45, 2.75) is 25.7 Å². The molecule has 0 radical (unpaired) electrons. The number of rotatable bonds is 3. The highest BCUT2D eigenvalue weighted by Crippen LogP contribution is 2.22. The zero-order valence-corrected chi connectivity index (χ0v) is 11.0. The Morgan fingerprint density at radius 1 is 1.39 bits per heavy atom. The minimum absolute atomic E-state index is 0.297. The molecule has 1 aromatic carbocycles. The molecule has 0 unspecified atom stereocenters. The molecule has 4 nitrogen and oxygen atoms in total. The highest BCUT2D eigenvalue weighted by molar-refractivity contribution is 6.31. The van der Waals surface area contributed by atoms with Crippen molar-refractivity contribution in [3.8, 4) is 5.75 Å². The molecule has 1 saturated carbocycles. The maximum atomic E-state index is 12.0. The van der Waals surface area contributed by atoms with Crippen molar-refractivity contribution in [1.82, 2.24) is 5.43 Å². The molecule has 96 valence electrons. The topological polar surface area (TPSA) is 50.7 Å². The lowest BCUT2D eigenvalue weighted by molar-refractivity contribution is 0.0951. The summed E-state index contributed by atoms with van der Waals surface area (Å²) in [5, 5.41) is 4.62. The highest BCUT2D eigenvalue weighted by Gasteiger charge is 2.13. The first kappa shape index (κ1) is 12.9. The number of carbonyl (C=O) groups excluding carboxylic acids is 1. The third kappa shape index (κ3) is 3.01. The predicted molar refractivity (Wildman–Crippen MR) is 71.4 cm³/mol. The first-order valence-corrected chi connectivity index (χ1v) is 6.28. The molecule has 18 heavy (non-hydrogen) atoms. The van der Waals surface area contributed by atoms with Gasteiger partial charge in [0.05, 0.1) is 12.7 Å². The molecule has 0 saturated heterocycles. The van der Waals surface area contributed by atoms with Crippen molar-refractivity contribution in [2.75, 3.05) is 7.11 Å². The van der Waals surface area contributed by atoms with E-state index < -0.39 is 0 Å². The van der Waals surface area contributed by atoms with Crippen LogP contribution in [0.4, 0.5) is 0 Å². The molecular weight excluding hydrogens is 252 g/mol. The lowest BCUT2D eigenvalue weighted by Gasteiger charge is -2.07. The number of amides is 1. The van der Waals surface area contributed by atoms with Crippen LogP contribution in [-0.2, 0) is 0 Å². The van der Waals surface area contributed by atoms with Gasteiger partial charge in [0.25, 0.3) is 5.91 Å². The fraction of sp³-hybridized carbons (Fsp3) is 0.385. The van der Waals surface area contributed by atoms with E-state index in [2.05, 4.69) is 10.5 Å². The number of nitrogens with one attached hydrogen (secondary N) is 1. The Morgan fingerprint density at radius 3 is 2.78 bits per heavy atom. The minimum Gasteiger partial charge on any atom is -0.496 e. The molecule has 1 aliphatic rings. The standard InChI is InChI=1S/C13H15ClN2O2/c1-18-12-7-6-9(14)8-11(12)13(17)16-15-10-4-2-3-5-10/h6-8H,2-5H2,1H3,(H,16,17). The molecule has 0 aromatic heterocycles. The van der Waals surface area contributed by atoms with Crippen LogP contribution < -0.4 is 10.2 Å². The van der Waals surface area contributed by atoms with Gasteiger partial charge in [0.2, 0.25) is 0 Å². The second-order valence-corrected chi connectivity index (χ2v) is 4.61. The second-order valence-electron chi connectivity index (χ2n) is 4.17. The Hall–Kier alpha value is -1.55. The average molecular weight is 267 g/mol. The molecule has 0 spiro atoms. The van der Waals surface area contributed by atoms with E-state index in [-0.39, 0.29) is 5.91 Å². The molecule has 1 aromatic rings. The van der Waals surface area contributed by atoms with Gasteiger partial charge in [-0.3, -0.25) is 4.79 Å². The van der Waals surface area contributed by atoms with Gasteiger partial charge in [0.15, 0.2) is 0 Å². The quantitative estimate of drug-likeness (QED) is 0.855. The zero-order chi connectivity index (χ0) is 13.0. The Balaban J connectivity index is 2.12. The van der Waals surface area contributed by atoms with Crippen molar-refractivity contribution >= 4 is 23.2 Å². The Labute approximate surface area is 111 Å². The van der Waals surface area contributed by atoms with E-state index in [0.29, 0.717) is 16.3 Å². The van der Waals surface area contributed by atoms with Gasteiger partial charge in [0, 0.05) is 10.7 Å². The summed E-state index contributed by atoms with van der Waals surface area (Å²) in [6.45, 7) is 0. The van der Waals surface area contributed by atoms with Gasteiger partial charge >= 0.3 is 0 Å². The lowest BCUT2D eigenvalue weighted by atomic mass is 10.2. The van der Waals surface area contributed by atoms with Gasteiger partial charge in [-0.15, -0.1) is 0 Å². The van der Waals surface area contributed by atoms with Crippen molar-refractivity contribution in [2.24, 2.45) is 5.10 Å². The van der Waals surface area contributed by atoms with Crippen LogP contribution in [0.2, 0.25) is 5.02 Å². The molecule has 5 heteroatoms. The summed E-state index contributed by atoms with van der Waals surface area (Å²) >= 11 is 5.87. The predicted octanol–water partition coefficient (Wildman–Crippen LogP) is 3.01. The molecule has 0 atom stereocenters. The number of nitrogens with zero attached hydrogens (tertiary/aromatic N) is 1.